The molecule has 9 nitrogen and oxygen atoms in total. The van der Waals surface area contributed by atoms with Crippen molar-refractivity contribution in [3.8, 4) is 0 Å². The van der Waals surface area contributed by atoms with Gasteiger partial charge < -0.3 is 15.1 Å². The van der Waals surface area contributed by atoms with Crippen molar-refractivity contribution < 1.29 is 23.3 Å². The fourth-order valence-electron chi connectivity index (χ4n) is 4.30. The molecule has 1 aromatic heterocycles. The van der Waals surface area contributed by atoms with Gasteiger partial charge in [-0.1, -0.05) is 15.9 Å². The van der Waals surface area contributed by atoms with E-state index < -0.39 is 47.5 Å². The molecule has 1 N–H and O–H groups in total. The summed E-state index contributed by atoms with van der Waals surface area (Å²) in [6.45, 7) is -0.286. The normalized spacial score (nSPS) is 19.5. The molecule has 2 fully saturated rings. The van der Waals surface area contributed by atoms with Crippen LogP contribution in [0.4, 0.5) is 20.2 Å². The molecule has 1 unspecified atom stereocenters. The van der Waals surface area contributed by atoms with Crippen molar-refractivity contribution >= 4 is 61.7 Å². The maximum atomic E-state index is 15.1. The van der Waals surface area contributed by atoms with Gasteiger partial charge in [0.05, 0.1) is 22.6 Å². The number of nitro benzene ring substituents is 1. The molecule has 186 valence electrons. The Morgan fingerprint density at radius 2 is 1.86 bits per heavy atom. The van der Waals surface area contributed by atoms with Gasteiger partial charge in [-0.25, -0.2) is 8.78 Å². The van der Waals surface area contributed by atoms with E-state index in [0.29, 0.717) is 16.7 Å². The molecule has 1 aromatic carbocycles. The number of benzene rings is 1. The summed E-state index contributed by atoms with van der Waals surface area (Å²) in [5, 5.41) is 14.4. The summed E-state index contributed by atoms with van der Waals surface area (Å²) >= 11 is 5.16. The highest BCUT2D eigenvalue weighted by Gasteiger charge is 2.50. The van der Waals surface area contributed by atoms with Crippen LogP contribution < -0.4 is 5.32 Å². The van der Waals surface area contributed by atoms with Crippen molar-refractivity contribution in [1.29, 1.82) is 0 Å². The number of hydrogen-bond acceptors (Lipinski definition) is 6. The zero-order valence-corrected chi connectivity index (χ0v) is 22.1. The Labute approximate surface area is 221 Å². The number of carbonyl (C=O) groups is 2. The fraction of sp³-hybridized carbons (Fsp3) is 0.409. The highest BCUT2D eigenvalue weighted by Crippen LogP contribution is 2.38. The third-order valence-corrected chi connectivity index (χ3v) is 7.07. The second-order valence-corrected chi connectivity index (χ2v) is 10.7. The lowest BCUT2D eigenvalue weighted by atomic mass is 10.1. The van der Waals surface area contributed by atoms with Crippen molar-refractivity contribution in [2.45, 2.75) is 31.2 Å². The van der Waals surface area contributed by atoms with Gasteiger partial charge in [0.25, 0.3) is 23.4 Å². The zero-order valence-electron chi connectivity index (χ0n) is 18.3. The first-order valence-electron chi connectivity index (χ1n) is 10.9. The van der Waals surface area contributed by atoms with E-state index >= 15 is 8.78 Å². The van der Waals surface area contributed by atoms with Gasteiger partial charge in [0.1, 0.15) is 11.7 Å². The number of piperidine rings is 1. The number of nitrogens with zero attached hydrogens (tertiary/aromatic N) is 4. The highest BCUT2D eigenvalue weighted by atomic mass is 127. The molecule has 0 aliphatic carbocycles. The summed E-state index contributed by atoms with van der Waals surface area (Å²) in [5.41, 5.74) is -0.662. The molecule has 0 saturated carbocycles. The second-order valence-electron chi connectivity index (χ2n) is 8.49. The number of nitro groups is 1. The van der Waals surface area contributed by atoms with Crippen molar-refractivity contribution in [3.05, 3.63) is 59.9 Å². The topological polar surface area (TPSA) is 109 Å². The van der Waals surface area contributed by atoms with Crippen molar-refractivity contribution in [1.82, 2.24) is 14.8 Å². The lowest BCUT2D eigenvalue weighted by molar-refractivity contribution is -0.384. The average molecular weight is 664 g/mol. The maximum Gasteiger partial charge on any atom is 0.294 e. The van der Waals surface area contributed by atoms with E-state index in [4.69, 9.17) is 0 Å². The van der Waals surface area contributed by atoms with Gasteiger partial charge in [-0.15, -0.1) is 0 Å². The van der Waals surface area contributed by atoms with Gasteiger partial charge in [0, 0.05) is 46.1 Å². The number of carbonyl (C=O) groups excluding carboxylic acids is 2. The van der Waals surface area contributed by atoms with Crippen LogP contribution in [0, 0.1) is 13.7 Å². The average Bonchev–Trinajstić information content (AvgIpc) is 3.13. The number of anilines is 1. The van der Waals surface area contributed by atoms with Crippen molar-refractivity contribution in [3.63, 3.8) is 0 Å². The number of rotatable bonds is 5. The maximum absolute atomic E-state index is 15.1. The summed E-state index contributed by atoms with van der Waals surface area (Å²) in [6.07, 6.45) is 5.42. The number of halogens is 4. The van der Waals surface area contributed by atoms with E-state index in [1.165, 1.54) is 24.5 Å². The van der Waals surface area contributed by atoms with Gasteiger partial charge in [-0.05, 0) is 54.0 Å². The van der Waals surface area contributed by atoms with E-state index in [1.54, 1.807) is 11.0 Å². The van der Waals surface area contributed by atoms with E-state index in [2.05, 4.69) is 26.2 Å². The van der Waals surface area contributed by atoms with Crippen molar-refractivity contribution in [2.75, 3.05) is 31.5 Å². The Hall–Kier alpha value is -2.42. The van der Waals surface area contributed by atoms with Crippen LogP contribution in [0.5, 0.6) is 0 Å². The molecular weight excluding hydrogens is 643 g/mol. The van der Waals surface area contributed by atoms with Crippen LogP contribution in [0.25, 0.3) is 0 Å². The molecule has 0 bridgehead atoms. The smallest absolute Gasteiger partial charge is 0.294 e. The summed E-state index contributed by atoms with van der Waals surface area (Å²) < 4.78 is 31.1. The number of nitrogens with one attached hydrogen (secondary N) is 1. The van der Waals surface area contributed by atoms with Crippen LogP contribution in [0.2, 0.25) is 0 Å². The number of hydrogen-bond donors (Lipinski definition) is 1. The van der Waals surface area contributed by atoms with Crippen LogP contribution >= 0.6 is 38.5 Å². The number of pyridine rings is 1. The summed E-state index contributed by atoms with van der Waals surface area (Å²) in [5.74, 6) is -4.47. The highest BCUT2D eigenvalue weighted by molar-refractivity contribution is 14.1. The first kappa shape index (κ1) is 25.7. The molecule has 0 radical (unpaired) electrons. The number of likely N-dealkylation sites (tertiary alicyclic amines) is 2. The van der Waals surface area contributed by atoms with Crippen LogP contribution in [0.3, 0.4) is 0 Å². The van der Waals surface area contributed by atoms with E-state index in [0.717, 1.165) is 24.2 Å². The molecule has 13 heteroatoms. The lowest BCUT2D eigenvalue weighted by Crippen LogP contribution is -2.40. The van der Waals surface area contributed by atoms with Crippen LogP contribution in [0.15, 0.2) is 35.1 Å². The number of amides is 2. The third-order valence-electron chi connectivity index (χ3n) is 6.02. The Balaban J connectivity index is 1.66. The molecule has 35 heavy (non-hydrogen) atoms. The monoisotopic (exact) mass is 663 g/mol. The van der Waals surface area contributed by atoms with E-state index in [9.17, 15) is 19.7 Å². The molecule has 4 rings (SSSR count). The Kier molecular flexibility index (Phi) is 7.54. The van der Waals surface area contributed by atoms with E-state index in [-0.39, 0.29) is 21.3 Å². The number of alkyl halides is 2. The van der Waals surface area contributed by atoms with E-state index in [1.807, 2.05) is 22.6 Å². The van der Waals surface area contributed by atoms with Crippen molar-refractivity contribution in [2.24, 2.45) is 0 Å². The molecule has 1 atom stereocenters. The standard InChI is InChI=1S/C22H21BrF2IN5O4/c23-14-7-16(21(33)29-4-2-1-3-5-29)19(17(8-14)31(34)35)28-18-11-30(12-22(18,24)25)20(32)13-6-15(26)10-27-9-13/h6-10,18,28H,1-5,11-12H2. The molecule has 2 aliphatic heterocycles. The second kappa shape index (κ2) is 10.3. The first-order chi connectivity index (χ1) is 16.6. The molecular formula is C22H21BrF2IN5O4. The molecule has 2 aliphatic rings. The fourth-order valence-corrected chi connectivity index (χ4v) is 5.24. The Morgan fingerprint density at radius 1 is 1.14 bits per heavy atom. The zero-order chi connectivity index (χ0) is 25.3. The number of aromatic nitrogens is 1. The minimum Gasteiger partial charge on any atom is -0.369 e. The SMILES string of the molecule is O=C(c1cncc(I)c1)N1CC(Nc2c(C(=O)N3CCCCC3)cc(Br)cc2[N+](=O)[O-])C(F)(F)C1. The lowest BCUT2D eigenvalue weighted by Gasteiger charge is -2.28. The van der Waals surface area contributed by atoms with Gasteiger partial charge in [0.15, 0.2) is 0 Å². The van der Waals surface area contributed by atoms with Gasteiger partial charge in [0.2, 0.25) is 0 Å². The van der Waals surface area contributed by atoms with Gasteiger partial charge >= 0.3 is 0 Å². The van der Waals surface area contributed by atoms with Gasteiger partial charge in [-0.3, -0.25) is 24.7 Å². The Bertz CT molecular complexity index is 1180. The molecule has 2 aromatic rings. The summed E-state index contributed by atoms with van der Waals surface area (Å²) in [4.78, 5) is 43.7. The van der Waals surface area contributed by atoms with Gasteiger partial charge in [-0.2, -0.15) is 0 Å². The molecule has 2 saturated heterocycles. The predicted octanol–water partition coefficient (Wildman–Crippen LogP) is 4.55. The largest absolute Gasteiger partial charge is 0.369 e. The van der Waals surface area contributed by atoms with Crippen LogP contribution in [-0.4, -0.2) is 69.7 Å². The summed E-state index contributed by atoms with van der Waals surface area (Å²) in [7, 11) is 0. The quantitative estimate of drug-likeness (QED) is 0.286. The molecule has 2 amide bonds. The summed E-state index contributed by atoms with van der Waals surface area (Å²) in [6, 6.07) is 2.49. The third kappa shape index (κ3) is 5.55. The van der Waals surface area contributed by atoms with Crippen LogP contribution in [0.1, 0.15) is 40.0 Å². The molecule has 3 heterocycles. The molecule has 0 spiro atoms. The first-order valence-corrected chi connectivity index (χ1v) is 12.8. The van der Waals surface area contributed by atoms with Crippen LogP contribution in [-0.2, 0) is 0 Å². The Morgan fingerprint density at radius 3 is 2.51 bits per heavy atom. The minimum absolute atomic E-state index is 0.0598. The minimum atomic E-state index is -3.39. The predicted molar refractivity (Wildman–Crippen MR) is 136 cm³/mol.